The minimum absolute atomic E-state index is 0.923. The maximum absolute atomic E-state index is 11.6. The number of carbonyl (C=O) groups is 6. The summed E-state index contributed by atoms with van der Waals surface area (Å²) in [6.07, 6.45) is -7.50. The minimum Gasteiger partial charge on any atom is -0.393 e. The maximum atomic E-state index is 11.6. The zero-order valence-corrected chi connectivity index (χ0v) is 11.3. The molecule has 0 aromatic carbocycles. The molecule has 2 aliphatic heterocycles. The molecule has 2 N–H and O–H groups in total. The Labute approximate surface area is 127 Å². The van der Waals surface area contributed by atoms with Crippen LogP contribution in [0.25, 0.3) is 0 Å². The lowest BCUT2D eigenvalue weighted by molar-refractivity contribution is -0.258. The molecule has 0 bridgehead atoms. The fourth-order valence-corrected chi connectivity index (χ4v) is 1.85. The van der Waals surface area contributed by atoms with E-state index in [9.17, 15) is 28.8 Å². The third-order valence-corrected chi connectivity index (χ3v) is 3.06. The van der Waals surface area contributed by atoms with Crippen LogP contribution in [-0.2, 0) is 43.0 Å². The Balaban J connectivity index is 2.17. The number of aliphatic hydroxyl groups is 2. The lowest BCUT2D eigenvalue weighted by atomic mass is 10.0. The van der Waals surface area contributed by atoms with E-state index in [0.29, 0.717) is 0 Å². The Bertz CT molecular complexity index is 554. The van der Waals surface area contributed by atoms with Crippen molar-refractivity contribution in [1.29, 1.82) is 0 Å². The molecule has 4 unspecified atom stereocenters. The van der Waals surface area contributed by atoms with Crippen molar-refractivity contribution in [3.63, 3.8) is 0 Å². The van der Waals surface area contributed by atoms with Crippen LogP contribution in [0.4, 0.5) is 0 Å². The Kier molecular flexibility index (Phi) is 4.87. The highest BCUT2D eigenvalue weighted by molar-refractivity contribution is 6.67. The van der Waals surface area contributed by atoms with E-state index in [2.05, 4.69) is 0 Å². The van der Waals surface area contributed by atoms with Crippen molar-refractivity contribution in [3.05, 3.63) is 0 Å². The third-order valence-electron chi connectivity index (χ3n) is 3.06. The fraction of sp³-hybridized carbons (Fsp3) is 0.500. The molecule has 0 radical (unpaired) electrons. The quantitative estimate of drug-likeness (QED) is 0.479. The number of hydrogen-bond acceptors (Lipinski definition) is 11. The van der Waals surface area contributed by atoms with E-state index in [4.69, 9.17) is 24.4 Å². The SMILES string of the molecule is O=C1C(=O)C(CO)OC(OC2OC(CO)C(=O)C(=O)C2=O)C1=O. The number of ether oxygens (including phenoxy) is 3. The van der Waals surface area contributed by atoms with Crippen molar-refractivity contribution in [1.82, 2.24) is 0 Å². The molecule has 0 aromatic heterocycles. The first-order valence-electron chi connectivity index (χ1n) is 6.24. The van der Waals surface area contributed by atoms with Gasteiger partial charge in [-0.3, -0.25) is 28.8 Å². The normalized spacial score (nSPS) is 32.6. The number of ketones is 6. The van der Waals surface area contributed by atoms with Crippen LogP contribution in [0, 0.1) is 0 Å². The van der Waals surface area contributed by atoms with Crippen LogP contribution in [0.2, 0.25) is 0 Å². The van der Waals surface area contributed by atoms with Gasteiger partial charge in [-0.1, -0.05) is 0 Å². The standard InChI is InChI=1S/C12H10O11/c13-1-3-5(15)7(17)9(19)11(21-3)23-12-10(20)8(18)6(16)4(2-14)22-12/h3-4,11-14H,1-2H2. The Morgan fingerprint density at radius 1 is 0.696 bits per heavy atom. The molecular formula is C12H10O11. The minimum atomic E-state index is -2.08. The number of Topliss-reactive ketones (excluding diaryl/α,β-unsaturated/α-hetero) is 6. The summed E-state index contributed by atoms with van der Waals surface area (Å²) in [6, 6.07) is 0. The molecule has 0 amide bonds. The zero-order valence-electron chi connectivity index (χ0n) is 11.3. The monoisotopic (exact) mass is 330 g/mol. The zero-order chi connectivity index (χ0) is 17.3. The third kappa shape index (κ3) is 3.00. The van der Waals surface area contributed by atoms with Crippen LogP contribution < -0.4 is 0 Å². The first-order valence-corrected chi connectivity index (χ1v) is 6.24. The van der Waals surface area contributed by atoms with E-state index < -0.39 is 72.7 Å². The second-order valence-corrected chi connectivity index (χ2v) is 4.53. The van der Waals surface area contributed by atoms with Crippen molar-refractivity contribution >= 4 is 34.7 Å². The molecule has 4 atom stereocenters. The van der Waals surface area contributed by atoms with Gasteiger partial charge in [0.15, 0.2) is 12.2 Å². The summed E-state index contributed by atoms with van der Waals surface area (Å²) < 4.78 is 14.2. The Morgan fingerprint density at radius 2 is 1.04 bits per heavy atom. The van der Waals surface area contributed by atoms with Crippen molar-refractivity contribution < 1.29 is 53.2 Å². The molecule has 2 fully saturated rings. The van der Waals surface area contributed by atoms with Gasteiger partial charge in [0.1, 0.15) is 0 Å². The largest absolute Gasteiger partial charge is 0.393 e. The average Bonchev–Trinajstić information content (AvgIpc) is 2.55. The van der Waals surface area contributed by atoms with Crippen LogP contribution in [0.3, 0.4) is 0 Å². The predicted octanol–water partition coefficient (Wildman–Crippen LogP) is -4.15. The summed E-state index contributed by atoms with van der Waals surface area (Å²) in [7, 11) is 0. The maximum Gasteiger partial charge on any atom is 0.272 e. The van der Waals surface area contributed by atoms with Crippen molar-refractivity contribution in [3.8, 4) is 0 Å². The molecule has 0 aliphatic carbocycles. The Hall–Kier alpha value is -2.18. The molecule has 2 saturated heterocycles. The molecule has 0 spiro atoms. The van der Waals surface area contributed by atoms with Gasteiger partial charge in [0.05, 0.1) is 13.2 Å². The highest BCUT2D eigenvalue weighted by Crippen LogP contribution is 2.18. The summed E-state index contributed by atoms with van der Waals surface area (Å²) in [5, 5.41) is 17.8. The van der Waals surface area contributed by atoms with Gasteiger partial charge in [0.25, 0.3) is 23.1 Å². The Morgan fingerprint density at radius 3 is 1.35 bits per heavy atom. The van der Waals surface area contributed by atoms with Gasteiger partial charge in [-0.05, 0) is 0 Å². The van der Waals surface area contributed by atoms with Crippen LogP contribution in [0.15, 0.2) is 0 Å². The van der Waals surface area contributed by atoms with Gasteiger partial charge in [0.2, 0.25) is 24.1 Å². The molecule has 11 nitrogen and oxygen atoms in total. The highest BCUT2D eigenvalue weighted by atomic mass is 16.8. The molecule has 0 aromatic rings. The summed E-state index contributed by atoms with van der Waals surface area (Å²) in [5.74, 6) is -8.50. The highest BCUT2D eigenvalue weighted by Gasteiger charge is 2.49. The molecule has 2 aliphatic rings. The van der Waals surface area contributed by atoms with Crippen LogP contribution in [0.5, 0.6) is 0 Å². The van der Waals surface area contributed by atoms with Crippen LogP contribution in [-0.4, -0.2) is 82.9 Å². The molecule has 124 valence electrons. The molecule has 0 saturated carbocycles. The lowest BCUT2D eigenvalue weighted by Crippen LogP contribution is -2.57. The van der Waals surface area contributed by atoms with E-state index in [1.54, 1.807) is 0 Å². The van der Waals surface area contributed by atoms with E-state index in [1.165, 1.54) is 0 Å². The average molecular weight is 330 g/mol. The van der Waals surface area contributed by atoms with Crippen molar-refractivity contribution in [2.75, 3.05) is 13.2 Å². The fourth-order valence-electron chi connectivity index (χ4n) is 1.85. The van der Waals surface area contributed by atoms with Crippen LogP contribution in [0.1, 0.15) is 0 Å². The van der Waals surface area contributed by atoms with E-state index in [0.717, 1.165) is 0 Å². The number of rotatable bonds is 4. The molecular weight excluding hydrogens is 320 g/mol. The van der Waals surface area contributed by atoms with Gasteiger partial charge >= 0.3 is 0 Å². The van der Waals surface area contributed by atoms with Gasteiger partial charge in [-0.25, -0.2) is 0 Å². The number of hydrogen-bond donors (Lipinski definition) is 2. The molecule has 23 heavy (non-hydrogen) atoms. The molecule has 11 heteroatoms. The second-order valence-electron chi connectivity index (χ2n) is 4.53. The van der Waals surface area contributed by atoms with Gasteiger partial charge in [-0.15, -0.1) is 0 Å². The molecule has 2 heterocycles. The smallest absolute Gasteiger partial charge is 0.272 e. The van der Waals surface area contributed by atoms with Crippen molar-refractivity contribution in [2.24, 2.45) is 0 Å². The summed E-state index contributed by atoms with van der Waals surface area (Å²) in [4.78, 5) is 68.7. The van der Waals surface area contributed by atoms with E-state index in [1.807, 2.05) is 0 Å². The number of carbonyl (C=O) groups excluding carboxylic acids is 6. The van der Waals surface area contributed by atoms with Crippen LogP contribution >= 0.6 is 0 Å². The molecule has 2 rings (SSSR count). The van der Waals surface area contributed by atoms with E-state index >= 15 is 0 Å². The van der Waals surface area contributed by atoms with E-state index in [-0.39, 0.29) is 0 Å². The first-order chi connectivity index (χ1) is 10.8. The van der Waals surface area contributed by atoms with Gasteiger partial charge in [0, 0.05) is 0 Å². The summed E-state index contributed by atoms with van der Waals surface area (Å²) >= 11 is 0. The van der Waals surface area contributed by atoms with Gasteiger partial charge in [-0.2, -0.15) is 0 Å². The predicted molar refractivity (Wildman–Crippen MR) is 62.6 cm³/mol. The summed E-state index contributed by atoms with van der Waals surface area (Å²) in [5.41, 5.74) is 0. The second kappa shape index (κ2) is 6.52. The van der Waals surface area contributed by atoms with Gasteiger partial charge < -0.3 is 24.4 Å². The topological polar surface area (TPSA) is 171 Å². The van der Waals surface area contributed by atoms with Crippen molar-refractivity contribution in [2.45, 2.75) is 24.8 Å². The summed E-state index contributed by atoms with van der Waals surface area (Å²) in [6.45, 7) is -1.85. The first kappa shape index (κ1) is 17.2. The lowest BCUT2D eigenvalue weighted by Gasteiger charge is -2.31. The number of aliphatic hydroxyl groups excluding tert-OH is 2.